The van der Waals surface area contributed by atoms with E-state index in [-0.39, 0.29) is 18.6 Å². The molecule has 2 aliphatic heterocycles. The van der Waals surface area contributed by atoms with Gasteiger partial charge in [-0.15, -0.1) is 5.10 Å². The predicted octanol–water partition coefficient (Wildman–Crippen LogP) is 4.66. The fourth-order valence-corrected chi connectivity index (χ4v) is 4.58. The van der Waals surface area contributed by atoms with Crippen LogP contribution in [-0.2, 0) is 5.41 Å². The van der Waals surface area contributed by atoms with Crippen molar-refractivity contribution >= 4 is 35.3 Å². The molecule has 2 aromatic carbocycles. The smallest absolute Gasteiger partial charge is 0.257 e. The number of likely N-dealkylation sites (tertiary alicyclic amines) is 1. The molecule has 0 saturated carbocycles. The van der Waals surface area contributed by atoms with Gasteiger partial charge in [0.1, 0.15) is 11.8 Å². The first-order valence-electron chi connectivity index (χ1n) is 9.94. The van der Waals surface area contributed by atoms with Crippen LogP contribution in [0.2, 0.25) is 10.0 Å². The summed E-state index contributed by atoms with van der Waals surface area (Å²) in [5.41, 5.74) is 1.86. The molecule has 2 aromatic rings. The molecule has 0 bridgehead atoms. The van der Waals surface area contributed by atoms with Crippen molar-refractivity contribution in [2.24, 2.45) is 15.4 Å². The number of carbonyl (C=O) groups excluding carboxylic acids is 1. The van der Waals surface area contributed by atoms with E-state index in [0.29, 0.717) is 47.3 Å². The number of nitrogens with zero attached hydrogens (tertiary/aromatic N) is 4. The number of amides is 1. The summed E-state index contributed by atoms with van der Waals surface area (Å²) in [4.78, 5) is 15.3. The fraction of sp³-hybridized carbons (Fsp3) is 0.364. The largest absolute Gasteiger partial charge is 0.496 e. The lowest BCUT2D eigenvalue weighted by Crippen LogP contribution is -2.35. The number of hydrogen-bond acceptors (Lipinski definition) is 6. The van der Waals surface area contributed by atoms with Gasteiger partial charge in [-0.1, -0.05) is 35.3 Å². The zero-order chi connectivity index (χ0) is 22.0. The minimum absolute atomic E-state index is 0.00704. The van der Waals surface area contributed by atoms with Crippen molar-refractivity contribution in [1.82, 2.24) is 4.90 Å². The highest BCUT2D eigenvalue weighted by molar-refractivity contribution is 6.42. The Hall–Kier alpha value is -2.48. The van der Waals surface area contributed by atoms with Crippen molar-refractivity contribution in [1.29, 1.82) is 0 Å². The van der Waals surface area contributed by atoms with Crippen LogP contribution < -0.4 is 4.74 Å². The summed E-state index contributed by atoms with van der Waals surface area (Å²) in [6, 6.07) is 10.6. The van der Waals surface area contributed by atoms with Crippen molar-refractivity contribution < 1.29 is 14.6 Å². The van der Waals surface area contributed by atoms with Gasteiger partial charge in [-0.2, -0.15) is 5.11 Å². The van der Waals surface area contributed by atoms with E-state index < -0.39 is 5.41 Å². The summed E-state index contributed by atoms with van der Waals surface area (Å²) in [5, 5.41) is 22.2. The van der Waals surface area contributed by atoms with Crippen LogP contribution in [-0.4, -0.2) is 48.9 Å². The van der Waals surface area contributed by atoms with E-state index in [9.17, 15) is 9.90 Å². The summed E-state index contributed by atoms with van der Waals surface area (Å²) >= 11 is 12.3. The van der Waals surface area contributed by atoms with Crippen LogP contribution >= 0.6 is 23.2 Å². The van der Waals surface area contributed by atoms with E-state index in [1.807, 2.05) is 18.2 Å². The second-order valence-electron chi connectivity index (χ2n) is 7.73. The molecule has 0 aromatic heterocycles. The van der Waals surface area contributed by atoms with Crippen LogP contribution in [0.3, 0.4) is 0 Å². The number of rotatable bonds is 6. The molecular weight excluding hydrogens is 439 g/mol. The van der Waals surface area contributed by atoms with E-state index in [2.05, 4.69) is 15.4 Å². The Kier molecular flexibility index (Phi) is 6.27. The van der Waals surface area contributed by atoms with Crippen molar-refractivity contribution in [2.75, 3.05) is 26.8 Å². The monoisotopic (exact) mass is 460 g/mol. The van der Waals surface area contributed by atoms with Crippen molar-refractivity contribution in [3.05, 3.63) is 63.1 Å². The van der Waals surface area contributed by atoms with Gasteiger partial charge in [-0.3, -0.25) is 4.79 Å². The molecule has 1 unspecified atom stereocenters. The SMILES string of the molecule is COc1ccc([C@H]2C=NN=N2)cc1C(=O)N1CCC(CCO)(c2ccc(Cl)c(Cl)c2)C1. The van der Waals surface area contributed by atoms with Gasteiger partial charge in [0.15, 0.2) is 0 Å². The number of ether oxygens (including phenoxy) is 1. The summed E-state index contributed by atoms with van der Waals surface area (Å²) in [6.07, 6.45) is 2.86. The van der Waals surface area contributed by atoms with E-state index in [1.165, 1.54) is 7.11 Å². The Morgan fingerprint density at radius 3 is 2.77 bits per heavy atom. The van der Waals surface area contributed by atoms with Crippen LogP contribution in [0.4, 0.5) is 0 Å². The molecule has 162 valence electrons. The Balaban J connectivity index is 1.64. The highest BCUT2D eigenvalue weighted by Crippen LogP contribution is 2.41. The molecular formula is C22H22Cl2N4O3. The Labute approximate surface area is 190 Å². The third-order valence-electron chi connectivity index (χ3n) is 5.99. The summed E-state index contributed by atoms with van der Waals surface area (Å²) < 4.78 is 5.45. The third-order valence-corrected chi connectivity index (χ3v) is 6.73. The van der Waals surface area contributed by atoms with Crippen molar-refractivity contribution in [3.8, 4) is 5.75 Å². The average molecular weight is 461 g/mol. The number of methoxy groups -OCH3 is 1. The van der Waals surface area contributed by atoms with Gasteiger partial charge < -0.3 is 14.7 Å². The molecule has 0 radical (unpaired) electrons. The number of halogens is 2. The molecule has 1 N–H and O–H groups in total. The van der Waals surface area contributed by atoms with Gasteiger partial charge in [-0.25, -0.2) is 0 Å². The summed E-state index contributed by atoms with van der Waals surface area (Å²) in [6.45, 7) is 1.02. The molecule has 1 fully saturated rings. The first-order valence-corrected chi connectivity index (χ1v) is 10.7. The zero-order valence-electron chi connectivity index (χ0n) is 17.0. The Morgan fingerprint density at radius 1 is 1.26 bits per heavy atom. The van der Waals surface area contributed by atoms with Gasteiger partial charge in [0, 0.05) is 25.1 Å². The highest BCUT2D eigenvalue weighted by atomic mass is 35.5. The number of benzene rings is 2. The maximum Gasteiger partial charge on any atom is 0.257 e. The van der Waals surface area contributed by atoms with Gasteiger partial charge in [0.05, 0.1) is 28.9 Å². The third kappa shape index (κ3) is 4.18. The normalized spacial score (nSPS) is 22.3. The van der Waals surface area contributed by atoms with Crippen LogP contribution in [0.1, 0.15) is 40.4 Å². The molecule has 4 rings (SSSR count). The first kappa shape index (κ1) is 21.7. The highest BCUT2D eigenvalue weighted by Gasteiger charge is 2.41. The van der Waals surface area contributed by atoms with Crippen LogP contribution in [0.15, 0.2) is 51.8 Å². The van der Waals surface area contributed by atoms with E-state index in [1.54, 1.807) is 29.3 Å². The van der Waals surface area contributed by atoms with Gasteiger partial charge in [0.2, 0.25) is 0 Å². The molecule has 1 amide bonds. The maximum atomic E-state index is 13.5. The van der Waals surface area contributed by atoms with Crippen LogP contribution in [0, 0.1) is 0 Å². The lowest BCUT2D eigenvalue weighted by Gasteiger charge is -2.30. The van der Waals surface area contributed by atoms with E-state index >= 15 is 0 Å². The second kappa shape index (κ2) is 8.94. The van der Waals surface area contributed by atoms with Crippen molar-refractivity contribution in [3.63, 3.8) is 0 Å². The maximum absolute atomic E-state index is 13.5. The van der Waals surface area contributed by atoms with Gasteiger partial charge >= 0.3 is 0 Å². The summed E-state index contributed by atoms with van der Waals surface area (Å²) in [7, 11) is 1.54. The number of carbonyl (C=O) groups is 1. The van der Waals surface area contributed by atoms with Crippen LogP contribution in [0.25, 0.3) is 0 Å². The van der Waals surface area contributed by atoms with Crippen molar-refractivity contribution in [2.45, 2.75) is 24.3 Å². The molecule has 0 spiro atoms. The molecule has 31 heavy (non-hydrogen) atoms. The van der Waals surface area contributed by atoms with Gasteiger partial charge in [-0.05, 0) is 53.5 Å². The molecule has 7 nitrogen and oxygen atoms in total. The molecule has 2 heterocycles. The molecule has 2 aliphatic rings. The van der Waals surface area contributed by atoms with E-state index in [0.717, 1.165) is 11.1 Å². The summed E-state index contributed by atoms with van der Waals surface area (Å²) in [5.74, 6) is 0.361. The number of hydrogen-bond donors (Lipinski definition) is 1. The second-order valence-corrected chi connectivity index (χ2v) is 8.55. The quantitative estimate of drug-likeness (QED) is 0.679. The molecule has 1 saturated heterocycles. The minimum atomic E-state index is -0.393. The predicted molar refractivity (Wildman–Crippen MR) is 119 cm³/mol. The van der Waals surface area contributed by atoms with Gasteiger partial charge in [0.25, 0.3) is 5.91 Å². The zero-order valence-corrected chi connectivity index (χ0v) is 18.5. The molecule has 9 heteroatoms. The van der Waals surface area contributed by atoms with E-state index in [4.69, 9.17) is 27.9 Å². The molecule has 2 atom stereocenters. The Morgan fingerprint density at radius 2 is 2.10 bits per heavy atom. The standard InChI is InChI=1S/C22H22Cl2N4O3/c1-31-20-5-2-14(19-12-25-27-26-19)10-16(20)21(30)28-8-6-22(13-28,7-9-29)15-3-4-17(23)18(24)11-15/h2-5,10-12,19,29H,6-9,13H2,1H3/t19-,22?/m1/s1. The molecule has 0 aliphatic carbocycles. The average Bonchev–Trinajstić information content (AvgIpc) is 3.46. The minimum Gasteiger partial charge on any atom is -0.496 e. The Bertz CT molecular complexity index is 1050. The lowest BCUT2D eigenvalue weighted by molar-refractivity contribution is 0.0776. The first-order chi connectivity index (χ1) is 15.0. The number of aliphatic hydroxyl groups is 1. The fourth-order valence-electron chi connectivity index (χ4n) is 4.28. The number of aliphatic hydroxyl groups excluding tert-OH is 1. The lowest BCUT2D eigenvalue weighted by atomic mass is 9.77. The van der Waals surface area contributed by atoms with Crippen LogP contribution in [0.5, 0.6) is 5.75 Å². The topological polar surface area (TPSA) is 86.9 Å².